The number of benzene rings is 1. The molecule has 0 atom stereocenters. The molecule has 0 bridgehead atoms. The third-order valence-electron chi connectivity index (χ3n) is 3.07. The molecule has 5 heteroatoms. The van der Waals surface area contributed by atoms with Gasteiger partial charge in [0, 0.05) is 5.92 Å². The van der Waals surface area contributed by atoms with Crippen LogP contribution in [0, 0.1) is 5.92 Å². The molecule has 1 aromatic carbocycles. The van der Waals surface area contributed by atoms with Crippen molar-refractivity contribution in [1.82, 2.24) is 5.43 Å². The third kappa shape index (κ3) is 4.77. The summed E-state index contributed by atoms with van der Waals surface area (Å²) in [4.78, 5) is 11.5. The number of hydrogen-bond acceptors (Lipinski definition) is 4. The zero-order chi connectivity index (χ0) is 15.1. The topological polar surface area (TPSA) is 59.9 Å². The number of hydrogen-bond donors (Lipinski definition) is 1. The first-order valence-corrected chi connectivity index (χ1v) is 7.47. The van der Waals surface area contributed by atoms with Crippen molar-refractivity contribution in [3.63, 3.8) is 0 Å². The lowest BCUT2D eigenvalue weighted by Gasteiger charge is -2.11. The lowest BCUT2D eigenvalue weighted by atomic mass is 10.2. The normalized spacial score (nSPS) is 14.2. The van der Waals surface area contributed by atoms with E-state index in [1.54, 1.807) is 6.21 Å². The number of ether oxygens (including phenoxy) is 2. The fourth-order valence-electron chi connectivity index (χ4n) is 1.81. The van der Waals surface area contributed by atoms with Gasteiger partial charge in [-0.1, -0.05) is 6.92 Å². The zero-order valence-corrected chi connectivity index (χ0v) is 12.6. The average molecular weight is 290 g/mol. The van der Waals surface area contributed by atoms with E-state index >= 15 is 0 Å². The standard InChI is InChI=1S/C16H22N2O3/c1-3-9-21-14-8-5-12(10-15(14)20-4-2)11-17-18-16(19)13-6-7-13/h5,8,10-11,13H,3-4,6-7,9H2,1-2H3,(H,18,19). The number of carbonyl (C=O) groups excluding carboxylic acids is 1. The molecule has 2 rings (SSSR count). The van der Waals surface area contributed by atoms with E-state index in [2.05, 4.69) is 17.5 Å². The number of rotatable bonds is 8. The largest absolute Gasteiger partial charge is 0.490 e. The van der Waals surface area contributed by atoms with E-state index in [0.717, 1.165) is 30.6 Å². The van der Waals surface area contributed by atoms with Crippen molar-refractivity contribution in [3.05, 3.63) is 23.8 Å². The lowest BCUT2D eigenvalue weighted by molar-refractivity contribution is -0.122. The Labute approximate surface area is 125 Å². The molecule has 0 heterocycles. The Hall–Kier alpha value is -2.04. The highest BCUT2D eigenvalue weighted by Crippen LogP contribution is 2.29. The molecule has 0 spiro atoms. The highest BCUT2D eigenvalue weighted by Gasteiger charge is 2.29. The number of nitrogens with one attached hydrogen (secondary N) is 1. The number of amides is 1. The van der Waals surface area contributed by atoms with E-state index in [9.17, 15) is 4.79 Å². The second-order valence-corrected chi connectivity index (χ2v) is 5.00. The van der Waals surface area contributed by atoms with Gasteiger partial charge in [0.25, 0.3) is 0 Å². The minimum absolute atomic E-state index is 0.000758. The molecule has 21 heavy (non-hydrogen) atoms. The summed E-state index contributed by atoms with van der Waals surface area (Å²) in [5.74, 6) is 1.59. The number of nitrogens with zero attached hydrogens (tertiary/aromatic N) is 1. The molecule has 0 saturated heterocycles. The van der Waals surface area contributed by atoms with Gasteiger partial charge < -0.3 is 9.47 Å². The summed E-state index contributed by atoms with van der Waals surface area (Å²) in [5.41, 5.74) is 3.41. The van der Waals surface area contributed by atoms with E-state index in [4.69, 9.17) is 9.47 Å². The fourth-order valence-corrected chi connectivity index (χ4v) is 1.81. The first-order valence-electron chi connectivity index (χ1n) is 7.47. The van der Waals surface area contributed by atoms with Crippen molar-refractivity contribution in [2.75, 3.05) is 13.2 Å². The van der Waals surface area contributed by atoms with E-state index < -0.39 is 0 Å². The van der Waals surface area contributed by atoms with Crippen LogP contribution in [0.5, 0.6) is 11.5 Å². The Kier molecular flexibility index (Phi) is 5.60. The second-order valence-electron chi connectivity index (χ2n) is 5.00. The summed E-state index contributed by atoms with van der Waals surface area (Å²) in [6.07, 6.45) is 4.51. The van der Waals surface area contributed by atoms with Gasteiger partial charge in [0.1, 0.15) is 0 Å². The average Bonchev–Trinajstić information content (AvgIpc) is 3.31. The predicted molar refractivity (Wildman–Crippen MR) is 81.9 cm³/mol. The molecule has 0 radical (unpaired) electrons. The van der Waals surface area contributed by atoms with Crippen LogP contribution < -0.4 is 14.9 Å². The first kappa shape index (κ1) is 15.4. The van der Waals surface area contributed by atoms with E-state index in [-0.39, 0.29) is 11.8 Å². The van der Waals surface area contributed by atoms with Crippen molar-refractivity contribution in [2.24, 2.45) is 11.0 Å². The van der Waals surface area contributed by atoms with Crippen LogP contribution >= 0.6 is 0 Å². The van der Waals surface area contributed by atoms with Crippen LogP contribution in [0.25, 0.3) is 0 Å². The summed E-state index contributed by atoms with van der Waals surface area (Å²) in [6.45, 7) is 5.22. The van der Waals surface area contributed by atoms with Gasteiger partial charge in [-0.25, -0.2) is 5.43 Å². The third-order valence-corrected chi connectivity index (χ3v) is 3.07. The molecule has 114 valence electrons. The van der Waals surface area contributed by atoms with Gasteiger partial charge in [-0.15, -0.1) is 0 Å². The molecule has 1 fully saturated rings. The molecular weight excluding hydrogens is 268 g/mol. The van der Waals surface area contributed by atoms with Crippen molar-refractivity contribution in [2.45, 2.75) is 33.1 Å². The van der Waals surface area contributed by atoms with E-state index in [1.807, 2.05) is 25.1 Å². The van der Waals surface area contributed by atoms with Crippen molar-refractivity contribution >= 4 is 12.1 Å². The van der Waals surface area contributed by atoms with Gasteiger partial charge in [0.05, 0.1) is 19.4 Å². The van der Waals surface area contributed by atoms with Crippen molar-refractivity contribution in [3.8, 4) is 11.5 Å². The zero-order valence-electron chi connectivity index (χ0n) is 12.6. The minimum Gasteiger partial charge on any atom is -0.490 e. The molecule has 1 aromatic rings. The summed E-state index contributed by atoms with van der Waals surface area (Å²) in [6, 6.07) is 5.62. The van der Waals surface area contributed by atoms with Gasteiger partial charge in [-0.2, -0.15) is 5.10 Å². The summed E-state index contributed by atoms with van der Waals surface area (Å²) in [7, 11) is 0. The van der Waals surface area contributed by atoms with Crippen molar-refractivity contribution in [1.29, 1.82) is 0 Å². The highest BCUT2D eigenvalue weighted by molar-refractivity contribution is 5.84. The van der Waals surface area contributed by atoms with E-state index in [0.29, 0.717) is 19.0 Å². The molecule has 1 amide bonds. The van der Waals surface area contributed by atoms with Crippen LogP contribution in [0.3, 0.4) is 0 Å². The molecular formula is C16H22N2O3. The van der Waals surface area contributed by atoms with Crippen LogP contribution in [0.4, 0.5) is 0 Å². The van der Waals surface area contributed by atoms with Crippen LogP contribution in [-0.2, 0) is 4.79 Å². The van der Waals surface area contributed by atoms with Crippen molar-refractivity contribution < 1.29 is 14.3 Å². The number of hydrazone groups is 1. The smallest absolute Gasteiger partial charge is 0.243 e. The van der Waals surface area contributed by atoms with Gasteiger partial charge in [-0.05, 0) is 49.9 Å². The molecule has 1 N–H and O–H groups in total. The Morgan fingerprint density at radius 3 is 2.81 bits per heavy atom. The predicted octanol–water partition coefficient (Wildman–Crippen LogP) is 2.73. The maximum atomic E-state index is 11.5. The summed E-state index contributed by atoms with van der Waals surface area (Å²) in [5, 5.41) is 3.97. The van der Waals surface area contributed by atoms with Gasteiger partial charge in [-0.3, -0.25) is 4.79 Å². The maximum Gasteiger partial charge on any atom is 0.243 e. The molecule has 1 aliphatic rings. The summed E-state index contributed by atoms with van der Waals surface area (Å²) < 4.78 is 11.2. The van der Waals surface area contributed by atoms with Gasteiger partial charge in [0.2, 0.25) is 5.91 Å². The maximum absolute atomic E-state index is 11.5. The second kappa shape index (κ2) is 7.67. The molecule has 0 aromatic heterocycles. The molecule has 1 aliphatic carbocycles. The van der Waals surface area contributed by atoms with Crippen LogP contribution in [0.1, 0.15) is 38.7 Å². The first-order chi connectivity index (χ1) is 10.2. The lowest BCUT2D eigenvalue weighted by Crippen LogP contribution is -2.18. The molecule has 0 aliphatic heterocycles. The fraction of sp³-hybridized carbons (Fsp3) is 0.500. The van der Waals surface area contributed by atoms with Crippen LogP contribution in [0.15, 0.2) is 23.3 Å². The van der Waals surface area contributed by atoms with E-state index in [1.165, 1.54) is 0 Å². The molecule has 0 unspecified atom stereocenters. The Morgan fingerprint density at radius 2 is 2.14 bits per heavy atom. The highest BCUT2D eigenvalue weighted by atomic mass is 16.5. The SMILES string of the molecule is CCCOc1ccc(C=NNC(=O)C2CC2)cc1OCC. The Balaban J connectivity index is 1.99. The quantitative estimate of drug-likeness (QED) is 0.591. The minimum atomic E-state index is -0.000758. The molecule has 5 nitrogen and oxygen atoms in total. The van der Waals surface area contributed by atoms with Gasteiger partial charge >= 0.3 is 0 Å². The number of carbonyl (C=O) groups is 1. The Bertz CT molecular complexity index is 510. The van der Waals surface area contributed by atoms with Crippen LogP contribution in [0.2, 0.25) is 0 Å². The summed E-state index contributed by atoms with van der Waals surface area (Å²) >= 11 is 0. The van der Waals surface area contributed by atoms with Gasteiger partial charge in [0.15, 0.2) is 11.5 Å². The van der Waals surface area contributed by atoms with Crippen LogP contribution in [-0.4, -0.2) is 25.3 Å². The monoisotopic (exact) mass is 290 g/mol. The Morgan fingerprint density at radius 1 is 1.33 bits per heavy atom. The molecule has 1 saturated carbocycles.